The van der Waals surface area contributed by atoms with Crippen molar-refractivity contribution in [2.45, 2.75) is 44.6 Å². The number of hydrogen-bond donors (Lipinski definition) is 1. The number of urea groups is 1. The van der Waals surface area contributed by atoms with Crippen molar-refractivity contribution >= 4 is 17.6 Å². The minimum Gasteiger partial charge on any atom is -0.497 e. The van der Waals surface area contributed by atoms with Gasteiger partial charge >= 0.3 is 6.03 Å². The largest absolute Gasteiger partial charge is 0.497 e. The van der Waals surface area contributed by atoms with E-state index in [-0.39, 0.29) is 23.5 Å². The molecular formula is C22H31N3O4. The van der Waals surface area contributed by atoms with E-state index in [0.717, 1.165) is 76.3 Å². The fourth-order valence-corrected chi connectivity index (χ4v) is 4.80. The molecular weight excluding hydrogens is 370 g/mol. The Morgan fingerprint density at radius 3 is 2.86 bits per heavy atom. The van der Waals surface area contributed by atoms with Crippen LogP contribution in [0.3, 0.4) is 0 Å². The molecule has 1 aromatic rings. The Labute approximate surface area is 172 Å². The number of hydrogen-bond acceptors (Lipinski definition) is 4. The highest BCUT2D eigenvalue weighted by Gasteiger charge is 2.42. The average molecular weight is 402 g/mol. The summed E-state index contributed by atoms with van der Waals surface area (Å²) in [6.07, 6.45) is 5.76. The Morgan fingerprint density at radius 1 is 1.31 bits per heavy atom. The van der Waals surface area contributed by atoms with Gasteiger partial charge in [-0.1, -0.05) is 6.07 Å². The quantitative estimate of drug-likeness (QED) is 0.842. The number of rotatable bonds is 4. The highest BCUT2D eigenvalue weighted by Crippen LogP contribution is 2.40. The Kier molecular flexibility index (Phi) is 5.94. The van der Waals surface area contributed by atoms with Gasteiger partial charge in [0.25, 0.3) is 0 Å². The lowest BCUT2D eigenvalue weighted by atomic mass is 9.72. The number of methoxy groups -OCH3 is 1. The fraction of sp³-hybridized carbons (Fsp3) is 0.636. The number of ether oxygens (including phenoxy) is 2. The second kappa shape index (κ2) is 8.61. The standard InChI is InChI=1S/C22H31N3O4/c1-28-18-5-2-4-17(14-18)23-21(27)24-11-9-22(10-12-24)8-7-20(26)25(16-22)15-19-6-3-13-29-19/h2,4-5,14,19H,3,6-13,15-16H2,1H3,(H,23,27)/t19-/m1/s1. The first-order valence-electron chi connectivity index (χ1n) is 10.7. The molecule has 3 heterocycles. The monoisotopic (exact) mass is 401 g/mol. The van der Waals surface area contributed by atoms with E-state index >= 15 is 0 Å². The molecule has 1 N–H and O–H groups in total. The molecule has 0 saturated carbocycles. The molecule has 0 unspecified atom stereocenters. The van der Waals surface area contributed by atoms with Crippen LogP contribution in [0.4, 0.5) is 10.5 Å². The number of piperidine rings is 2. The maximum Gasteiger partial charge on any atom is 0.321 e. The second-order valence-electron chi connectivity index (χ2n) is 8.56. The number of nitrogens with one attached hydrogen (secondary N) is 1. The maximum absolute atomic E-state index is 12.7. The normalized spacial score (nSPS) is 24.0. The van der Waals surface area contributed by atoms with Crippen molar-refractivity contribution in [3.05, 3.63) is 24.3 Å². The Bertz CT molecular complexity index is 739. The molecule has 3 aliphatic heterocycles. The molecule has 29 heavy (non-hydrogen) atoms. The molecule has 7 heteroatoms. The molecule has 0 radical (unpaired) electrons. The van der Waals surface area contributed by atoms with E-state index in [0.29, 0.717) is 6.42 Å². The zero-order valence-electron chi connectivity index (χ0n) is 17.2. The minimum absolute atomic E-state index is 0.0730. The molecule has 3 amide bonds. The summed E-state index contributed by atoms with van der Waals surface area (Å²) in [6.45, 7) is 3.78. The highest BCUT2D eigenvalue weighted by molar-refractivity contribution is 5.89. The van der Waals surface area contributed by atoms with Gasteiger partial charge in [-0.05, 0) is 49.7 Å². The first-order chi connectivity index (χ1) is 14.1. The van der Waals surface area contributed by atoms with Crippen molar-refractivity contribution in [3.8, 4) is 5.75 Å². The summed E-state index contributed by atoms with van der Waals surface area (Å²) in [7, 11) is 1.61. The van der Waals surface area contributed by atoms with Gasteiger partial charge in [-0.3, -0.25) is 4.79 Å². The number of anilines is 1. The maximum atomic E-state index is 12.7. The van der Waals surface area contributed by atoms with E-state index in [1.807, 2.05) is 34.1 Å². The van der Waals surface area contributed by atoms with E-state index in [1.165, 1.54) is 0 Å². The summed E-state index contributed by atoms with van der Waals surface area (Å²) in [4.78, 5) is 29.0. The third-order valence-electron chi connectivity index (χ3n) is 6.63. The van der Waals surface area contributed by atoms with Crippen molar-refractivity contribution in [1.29, 1.82) is 0 Å². The van der Waals surface area contributed by atoms with Crippen LogP contribution in [0.15, 0.2) is 24.3 Å². The number of likely N-dealkylation sites (tertiary alicyclic amines) is 2. The molecule has 3 aliphatic rings. The molecule has 0 bridgehead atoms. The van der Waals surface area contributed by atoms with Gasteiger partial charge in [0.2, 0.25) is 5.91 Å². The van der Waals surface area contributed by atoms with Crippen LogP contribution in [0.2, 0.25) is 0 Å². The lowest BCUT2D eigenvalue weighted by molar-refractivity contribution is -0.140. The van der Waals surface area contributed by atoms with E-state index in [9.17, 15) is 9.59 Å². The Hall–Kier alpha value is -2.28. The molecule has 1 spiro atoms. The Balaban J connectivity index is 1.31. The van der Waals surface area contributed by atoms with Crippen LogP contribution >= 0.6 is 0 Å². The van der Waals surface area contributed by atoms with Gasteiger partial charge in [-0.15, -0.1) is 0 Å². The smallest absolute Gasteiger partial charge is 0.321 e. The summed E-state index contributed by atoms with van der Waals surface area (Å²) in [6, 6.07) is 7.32. The predicted octanol–water partition coefficient (Wildman–Crippen LogP) is 3.11. The molecule has 7 nitrogen and oxygen atoms in total. The molecule has 0 aromatic heterocycles. The lowest BCUT2D eigenvalue weighted by Gasteiger charge is -2.47. The summed E-state index contributed by atoms with van der Waals surface area (Å²) in [5, 5.41) is 2.97. The van der Waals surface area contributed by atoms with Crippen molar-refractivity contribution in [2.75, 3.05) is 45.2 Å². The number of benzene rings is 1. The van der Waals surface area contributed by atoms with Crippen LogP contribution in [0, 0.1) is 5.41 Å². The van der Waals surface area contributed by atoms with Crippen molar-refractivity contribution in [1.82, 2.24) is 9.80 Å². The summed E-state index contributed by atoms with van der Waals surface area (Å²) in [5.74, 6) is 0.975. The number of carbonyl (C=O) groups excluding carboxylic acids is 2. The average Bonchev–Trinajstić information content (AvgIpc) is 3.25. The minimum atomic E-state index is -0.0730. The number of amides is 3. The van der Waals surface area contributed by atoms with Crippen molar-refractivity contribution < 1.29 is 19.1 Å². The summed E-state index contributed by atoms with van der Waals surface area (Å²) in [5.41, 5.74) is 0.875. The van der Waals surface area contributed by atoms with Crippen LogP contribution in [0.25, 0.3) is 0 Å². The highest BCUT2D eigenvalue weighted by atomic mass is 16.5. The molecule has 3 fully saturated rings. The van der Waals surface area contributed by atoms with Crippen molar-refractivity contribution in [3.63, 3.8) is 0 Å². The topological polar surface area (TPSA) is 71.1 Å². The first kappa shape index (κ1) is 20.0. The summed E-state index contributed by atoms with van der Waals surface area (Å²) >= 11 is 0. The van der Waals surface area contributed by atoms with Gasteiger partial charge in [0.15, 0.2) is 0 Å². The van der Waals surface area contributed by atoms with Gasteiger partial charge in [0.05, 0.1) is 13.2 Å². The molecule has 4 rings (SSSR count). The van der Waals surface area contributed by atoms with E-state index in [1.54, 1.807) is 7.11 Å². The molecule has 0 aliphatic carbocycles. The van der Waals surface area contributed by atoms with Gasteiger partial charge in [-0.25, -0.2) is 4.79 Å². The fourth-order valence-electron chi connectivity index (χ4n) is 4.80. The third kappa shape index (κ3) is 4.66. The second-order valence-corrected chi connectivity index (χ2v) is 8.56. The zero-order valence-corrected chi connectivity index (χ0v) is 17.2. The van der Waals surface area contributed by atoms with Crippen LogP contribution in [0.5, 0.6) is 5.75 Å². The van der Waals surface area contributed by atoms with Gasteiger partial charge in [-0.2, -0.15) is 0 Å². The number of nitrogens with zero attached hydrogens (tertiary/aromatic N) is 2. The third-order valence-corrected chi connectivity index (χ3v) is 6.63. The van der Waals surface area contributed by atoms with E-state index in [4.69, 9.17) is 9.47 Å². The molecule has 3 saturated heterocycles. The zero-order chi connectivity index (χ0) is 20.3. The van der Waals surface area contributed by atoms with E-state index < -0.39 is 0 Å². The van der Waals surface area contributed by atoms with Crippen molar-refractivity contribution in [2.24, 2.45) is 5.41 Å². The van der Waals surface area contributed by atoms with E-state index in [2.05, 4.69) is 5.32 Å². The number of carbonyl (C=O) groups is 2. The van der Waals surface area contributed by atoms with Crippen LogP contribution in [-0.2, 0) is 9.53 Å². The van der Waals surface area contributed by atoms with Crippen LogP contribution in [-0.4, -0.2) is 67.7 Å². The molecule has 1 atom stereocenters. The summed E-state index contributed by atoms with van der Waals surface area (Å²) < 4.78 is 11.0. The van der Waals surface area contributed by atoms with Crippen LogP contribution in [0.1, 0.15) is 38.5 Å². The Morgan fingerprint density at radius 2 is 2.14 bits per heavy atom. The van der Waals surface area contributed by atoms with Crippen LogP contribution < -0.4 is 10.1 Å². The van der Waals surface area contributed by atoms with Gasteiger partial charge < -0.3 is 24.6 Å². The predicted molar refractivity (Wildman–Crippen MR) is 110 cm³/mol. The lowest BCUT2D eigenvalue weighted by Crippen LogP contribution is -2.54. The van der Waals surface area contributed by atoms with Gasteiger partial charge in [0.1, 0.15) is 5.75 Å². The molecule has 158 valence electrons. The first-order valence-corrected chi connectivity index (χ1v) is 10.7. The SMILES string of the molecule is COc1cccc(NC(=O)N2CCC3(CCC(=O)N(C[C@H]4CCCO4)C3)CC2)c1. The van der Waals surface area contributed by atoms with Gasteiger partial charge in [0, 0.05) is 51.0 Å². The molecule has 1 aromatic carbocycles.